The highest BCUT2D eigenvalue weighted by Crippen LogP contribution is 2.48. The molecule has 51 heavy (non-hydrogen) atoms. The largest absolute Gasteiger partial charge is 0.497 e. The summed E-state index contributed by atoms with van der Waals surface area (Å²) in [5, 5.41) is 10.0. The van der Waals surface area contributed by atoms with Gasteiger partial charge in [0.2, 0.25) is 0 Å². The Labute approximate surface area is 298 Å². The van der Waals surface area contributed by atoms with Crippen molar-refractivity contribution in [1.82, 2.24) is 33.5 Å². The van der Waals surface area contributed by atoms with Gasteiger partial charge in [-0.25, -0.2) is 9.40 Å². The molecule has 3 aliphatic rings. The number of carbonyl (C=O) groups is 2. The van der Waals surface area contributed by atoms with Crippen LogP contribution in [0.5, 0.6) is 5.75 Å². The molecule has 2 aliphatic heterocycles. The van der Waals surface area contributed by atoms with E-state index < -0.39 is 16.1 Å². The molecule has 0 spiro atoms. The van der Waals surface area contributed by atoms with Gasteiger partial charge in [0.05, 0.1) is 38.3 Å². The average Bonchev–Trinajstić information content (AvgIpc) is 3.66. The van der Waals surface area contributed by atoms with E-state index in [0.29, 0.717) is 50.2 Å². The van der Waals surface area contributed by atoms with E-state index in [2.05, 4.69) is 31.7 Å². The Morgan fingerprint density at radius 2 is 1.76 bits per heavy atom. The van der Waals surface area contributed by atoms with Crippen LogP contribution in [0.1, 0.15) is 95.6 Å². The van der Waals surface area contributed by atoms with Crippen molar-refractivity contribution in [2.24, 2.45) is 0 Å². The highest BCUT2D eigenvalue weighted by atomic mass is 32.2. The summed E-state index contributed by atoms with van der Waals surface area (Å²) >= 11 is 0. The topological polar surface area (TPSA) is 141 Å². The van der Waals surface area contributed by atoms with Crippen LogP contribution in [-0.4, -0.2) is 96.5 Å². The molecule has 270 valence electrons. The second-order valence-corrected chi connectivity index (χ2v) is 15.9. The third-order valence-corrected chi connectivity index (χ3v) is 11.6. The first-order valence-electron chi connectivity index (χ1n) is 17.6. The number of rotatable bonds is 8. The van der Waals surface area contributed by atoms with Crippen LogP contribution in [0.2, 0.25) is 0 Å². The van der Waals surface area contributed by atoms with E-state index in [-0.39, 0.29) is 23.2 Å². The van der Waals surface area contributed by atoms with Crippen LogP contribution in [0.4, 0.5) is 0 Å². The Balaban J connectivity index is 1.47. The number of benzene rings is 2. The third kappa shape index (κ3) is 6.44. The Bertz CT molecular complexity index is 2140. The van der Waals surface area contributed by atoms with Crippen LogP contribution >= 0.6 is 0 Å². The summed E-state index contributed by atoms with van der Waals surface area (Å²) in [5.74, 6) is 0.0894. The predicted octanol–water partition coefficient (Wildman–Crippen LogP) is 5.10. The normalized spacial score (nSPS) is 16.9. The fourth-order valence-electron chi connectivity index (χ4n) is 7.61. The standard InChI is InChI=1S/C37H45N7O6S/c1-23(2)44-34(33(38-40-44)37(46)42-15-17-50-18-16-42)27-19-26-20-28(49-5)12-14-29(26)35-32(24-9-7-6-8-10-24)30-13-11-25(21-31(30)43(35)22-27)36(45)39-51(47,48)41(3)4/h11-14,19-21,23-24H,6-10,15-18,22H2,1-5H3,(H,39,45). The van der Waals surface area contributed by atoms with Gasteiger partial charge < -0.3 is 18.9 Å². The lowest BCUT2D eigenvalue weighted by atomic mass is 9.81. The van der Waals surface area contributed by atoms with E-state index in [0.717, 1.165) is 63.3 Å². The van der Waals surface area contributed by atoms with E-state index in [1.54, 1.807) is 24.1 Å². The number of allylic oxidation sites excluding steroid dienone is 1. The lowest BCUT2D eigenvalue weighted by Crippen LogP contribution is -2.41. The van der Waals surface area contributed by atoms with Crippen molar-refractivity contribution in [2.45, 2.75) is 64.5 Å². The van der Waals surface area contributed by atoms with Gasteiger partial charge in [-0.2, -0.15) is 12.7 Å². The van der Waals surface area contributed by atoms with E-state index >= 15 is 0 Å². The van der Waals surface area contributed by atoms with Crippen molar-refractivity contribution in [3.8, 4) is 17.0 Å². The Kier molecular flexibility index (Phi) is 9.50. The van der Waals surface area contributed by atoms with Crippen LogP contribution in [0.3, 0.4) is 0 Å². The van der Waals surface area contributed by atoms with Crippen molar-refractivity contribution >= 4 is 44.6 Å². The Morgan fingerprint density at radius 1 is 1.02 bits per heavy atom. The molecule has 0 bridgehead atoms. The molecular weight excluding hydrogens is 671 g/mol. The third-order valence-electron chi connectivity index (χ3n) is 10.2. The zero-order chi connectivity index (χ0) is 36.0. The van der Waals surface area contributed by atoms with Crippen molar-refractivity contribution in [3.63, 3.8) is 0 Å². The maximum Gasteiger partial charge on any atom is 0.303 e. The minimum absolute atomic E-state index is 0.0970. The summed E-state index contributed by atoms with van der Waals surface area (Å²) in [6.07, 6.45) is 7.65. The molecule has 7 rings (SSSR count). The average molecular weight is 716 g/mol. The van der Waals surface area contributed by atoms with Gasteiger partial charge in [-0.15, -0.1) is 5.10 Å². The molecule has 1 N–H and O–H groups in total. The lowest BCUT2D eigenvalue weighted by Gasteiger charge is -2.26. The minimum Gasteiger partial charge on any atom is -0.497 e. The molecule has 1 saturated carbocycles. The number of amides is 2. The summed E-state index contributed by atoms with van der Waals surface area (Å²) in [6.45, 7) is 6.24. The highest BCUT2D eigenvalue weighted by Gasteiger charge is 2.34. The number of ether oxygens (including phenoxy) is 2. The van der Waals surface area contributed by atoms with Crippen LogP contribution < -0.4 is 9.46 Å². The van der Waals surface area contributed by atoms with E-state index in [9.17, 15) is 18.0 Å². The van der Waals surface area contributed by atoms with Gasteiger partial charge in [0, 0.05) is 60.8 Å². The second-order valence-electron chi connectivity index (χ2n) is 14.0. The molecule has 0 atom stereocenters. The summed E-state index contributed by atoms with van der Waals surface area (Å²) in [5.41, 5.74) is 6.98. The number of carbonyl (C=O) groups excluding carboxylic acids is 2. The fraction of sp³-hybridized carbons (Fsp3) is 0.459. The summed E-state index contributed by atoms with van der Waals surface area (Å²) < 4.78 is 43.7. The van der Waals surface area contributed by atoms with Crippen molar-refractivity contribution < 1.29 is 27.5 Å². The number of nitrogens with zero attached hydrogens (tertiary/aromatic N) is 6. The number of hydrogen-bond donors (Lipinski definition) is 1. The second kappa shape index (κ2) is 13.9. The predicted molar refractivity (Wildman–Crippen MR) is 195 cm³/mol. The van der Waals surface area contributed by atoms with Gasteiger partial charge >= 0.3 is 10.2 Å². The number of hydrogen-bond acceptors (Lipinski definition) is 8. The molecule has 0 radical (unpaired) electrons. The Morgan fingerprint density at radius 3 is 2.45 bits per heavy atom. The monoisotopic (exact) mass is 715 g/mol. The van der Waals surface area contributed by atoms with E-state index in [1.165, 1.54) is 26.1 Å². The number of nitrogens with one attached hydrogen (secondary N) is 1. The first-order valence-corrected chi connectivity index (χ1v) is 19.0. The van der Waals surface area contributed by atoms with Crippen LogP contribution in [0, 0.1) is 0 Å². The number of morpholine rings is 1. The van der Waals surface area contributed by atoms with Gasteiger partial charge in [-0.05, 0) is 80.1 Å². The maximum absolute atomic E-state index is 14.1. The van der Waals surface area contributed by atoms with Crippen molar-refractivity contribution in [3.05, 3.63) is 64.5 Å². The molecule has 0 unspecified atom stereocenters. The van der Waals surface area contributed by atoms with Crippen molar-refractivity contribution in [2.75, 3.05) is 47.5 Å². The van der Waals surface area contributed by atoms with E-state index in [4.69, 9.17) is 9.47 Å². The van der Waals surface area contributed by atoms with Gasteiger partial charge in [-0.1, -0.05) is 30.5 Å². The molecule has 1 aliphatic carbocycles. The zero-order valence-electron chi connectivity index (χ0n) is 29.8. The lowest BCUT2D eigenvalue weighted by molar-refractivity contribution is 0.0298. The van der Waals surface area contributed by atoms with Crippen LogP contribution in [0.25, 0.3) is 33.8 Å². The molecule has 2 aromatic carbocycles. The molecule has 4 heterocycles. The molecule has 1 saturated heterocycles. The summed E-state index contributed by atoms with van der Waals surface area (Å²) in [4.78, 5) is 29.3. The molecule has 4 aromatic rings. The molecule has 14 heteroatoms. The molecule has 2 aromatic heterocycles. The zero-order valence-corrected chi connectivity index (χ0v) is 30.6. The van der Waals surface area contributed by atoms with Crippen LogP contribution in [-0.2, 0) is 21.5 Å². The van der Waals surface area contributed by atoms with Crippen LogP contribution in [0.15, 0.2) is 36.4 Å². The molecule has 2 fully saturated rings. The van der Waals surface area contributed by atoms with Crippen molar-refractivity contribution in [1.29, 1.82) is 0 Å². The van der Waals surface area contributed by atoms with E-state index in [1.807, 2.05) is 36.7 Å². The number of methoxy groups -OCH3 is 1. The first-order chi connectivity index (χ1) is 24.5. The molecule has 2 amide bonds. The summed E-state index contributed by atoms with van der Waals surface area (Å²) in [6, 6.07) is 11.4. The Hall–Kier alpha value is -4.53. The fourth-order valence-corrected chi connectivity index (χ4v) is 8.14. The first kappa shape index (κ1) is 34.9. The number of fused-ring (bicyclic) bond motifs is 5. The maximum atomic E-state index is 14.1. The SMILES string of the molecule is COc1ccc2c(c1)C=C(c1c(C(=O)N3CCOCC3)nnn1C(C)C)Cn1c-2c(C2CCCCC2)c2ccc(C(=O)NS(=O)(=O)N(C)C)cc21. The summed E-state index contributed by atoms with van der Waals surface area (Å²) in [7, 11) is 0.382. The highest BCUT2D eigenvalue weighted by molar-refractivity contribution is 7.87. The molecular formula is C37H45N7O6S. The quantitative estimate of drug-likeness (QED) is 0.266. The van der Waals surface area contributed by atoms with Gasteiger partial charge in [0.1, 0.15) is 5.75 Å². The van der Waals surface area contributed by atoms with Gasteiger partial charge in [0.25, 0.3) is 11.8 Å². The smallest absolute Gasteiger partial charge is 0.303 e. The molecule has 13 nitrogen and oxygen atoms in total. The number of aromatic nitrogens is 4. The minimum atomic E-state index is -4.01. The van der Waals surface area contributed by atoms with Gasteiger partial charge in [-0.3, -0.25) is 9.59 Å². The van der Waals surface area contributed by atoms with Gasteiger partial charge in [0.15, 0.2) is 5.69 Å².